The van der Waals surface area contributed by atoms with E-state index in [1.165, 1.54) is 17.4 Å². The molecule has 0 saturated heterocycles. The summed E-state index contributed by atoms with van der Waals surface area (Å²) in [5.41, 5.74) is 2.61. The fraction of sp³-hybridized carbons (Fsp3) is 0.143. The second-order valence-electron chi connectivity index (χ2n) is 6.41. The van der Waals surface area contributed by atoms with E-state index in [2.05, 4.69) is 11.4 Å². The van der Waals surface area contributed by atoms with Crippen molar-refractivity contribution in [3.8, 4) is 17.6 Å². The van der Waals surface area contributed by atoms with Gasteiger partial charge in [-0.3, -0.25) is 4.79 Å². The van der Waals surface area contributed by atoms with E-state index in [4.69, 9.17) is 32.7 Å². The molecule has 0 unspecified atom stereocenters. The molecule has 146 valence electrons. The van der Waals surface area contributed by atoms with Crippen LogP contribution in [0.3, 0.4) is 0 Å². The fourth-order valence-electron chi connectivity index (χ4n) is 3.03. The number of rotatable bonds is 4. The lowest BCUT2D eigenvalue weighted by Crippen LogP contribution is -2.12. The number of anilines is 1. The molecular formula is C21H14Cl2N2O3S. The first-order valence-electron chi connectivity index (χ1n) is 8.63. The number of fused-ring (bicyclic) bond motifs is 1. The van der Waals surface area contributed by atoms with Gasteiger partial charge in [0.1, 0.15) is 11.1 Å². The first kappa shape index (κ1) is 19.6. The normalized spacial score (nSPS) is 11.9. The maximum atomic E-state index is 12.6. The Labute approximate surface area is 181 Å². The molecule has 0 aliphatic carbocycles. The van der Waals surface area contributed by atoms with Crippen LogP contribution in [0.25, 0.3) is 0 Å². The van der Waals surface area contributed by atoms with Crippen LogP contribution in [0, 0.1) is 18.3 Å². The predicted octanol–water partition coefficient (Wildman–Crippen LogP) is 5.81. The number of carbonyl (C=O) groups is 1. The van der Waals surface area contributed by atoms with Gasteiger partial charge >= 0.3 is 0 Å². The number of hydrogen-bond donors (Lipinski definition) is 1. The van der Waals surface area contributed by atoms with Gasteiger partial charge in [-0.25, -0.2) is 0 Å². The maximum absolute atomic E-state index is 12.6. The van der Waals surface area contributed by atoms with Crippen LogP contribution in [-0.2, 0) is 6.42 Å². The minimum atomic E-state index is -0.390. The fourth-order valence-corrected chi connectivity index (χ4v) is 4.71. The Kier molecular flexibility index (Phi) is 5.37. The van der Waals surface area contributed by atoms with Crippen LogP contribution >= 0.6 is 34.5 Å². The van der Waals surface area contributed by atoms with Crippen molar-refractivity contribution < 1.29 is 14.3 Å². The number of amides is 1. The van der Waals surface area contributed by atoms with E-state index in [0.717, 1.165) is 21.8 Å². The molecule has 2 aromatic carbocycles. The number of thiophene rings is 1. The van der Waals surface area contributed by atoms with Gasteiger partial charge < -0.3 is 14.8 Å². The standard InChI is InChI=1S/C21H14Cl2N2O3S/c1-11-15(9-24)21(25-20(26)14-4-3-13(22)8-16(14)23)29-19(11)7-12-2-5-17-18(6-12)28-10-27-17/h2-6,8H,7,10H2,1H3,(H,25,26). The topological polar surface area (TPSA) is 71.3 Å². The minimum Gasteiger partial charge on any atom is -0.454 e. The summed E-state index contributed by atoms with van der Waals surface area (Å²) < 4.78 is 10.8. The highest BCUT2D eigenvalue weighted by Gasteiger charge is 2.20. The second-order valence-corrected chi connectivity index (χ2v) is 8.36. The van der Waals surface area contributed by atoms with Gasteiger partial charge in [-0.05, 0) is 48.4 Å². The minimum absolute atomic E-state index is 0.221. The third-order valence-corrected chi connectivity index (χ3v) is 6.32. The van der Waals surface area contributed by atoms with Crippen molar-refractivity contribution >= 4 is 45.4 Å². The van der Waals surface area contributed by atoms with E-state index in [1.54, 1.807) is 12.1 Å². The van der Waals surface area contributed by atoms with E-state index < -0.39 is 0 Å². The highest BCUT2D eigenvalue weighted by molar-refractivity contribution is 7.16. The van der Waals surface area contributed by atoms with Crippen LogP contribution < -0.4 is 14.8 Å². The average molecular weight is 445 g/mol. The summed E-state index contributed by atoms with van der Waals surface area (Å²) in [4.78, 5) is 13.6. The molecule has 0 atom stereocenters. The van der Waals surface area contributed by atoms with E-state index in [-0.39, 0.29) is 17.7 Å². The number of halogens is 2. The van der Waals surface area contributed by atoms with Crippen LogP contribution in [0.2, 0.25) is 10.0 Å². The van der Waals surface area contributed by atoms with Crippen LogP contribution in [-0.4, -0.2) is 12.7 Å². The zero-order valence-corrected chi connectivity index (χ0v) is 17.5. The van der Waals surface area contributed by atoms with E-state index in [9.17, 15) is 10.1 Å². The number of hydrogen-bond acceptors (Lipinski definition) is 5. The molecule has 8 heteroatoms. The number of carbonyl (C=O) groups excluding carboxylic acids is 1. The monoisotopic (exact) mass is 444 g/mol. The predicted molar refractivity (Wildman–Crippen MR) is 114 cm³/mol. The molecule has 29 heavy (non-hydrogen) atoms. The second kappa shape index (κ2) is 7.96. The number of benzene rings is 2. The molecule has 0 saturated carbocycles. The smallest absolute Gasteiger partial charge is 0.257 e. The lowest BCUT2D eigenvalue weighted by Gasteiger charge is -2.05. The number of nitrogens with one attached hydrogen (secondary N) is 1. The Hall–Kier alpha value is -2.72. The molecule has 4 rings (SSSR count). The van der Waals surface area contributed by atoms with E-state index >= 15 is 0 Å². The summed E-state index contributed by atoms with van der Waals surface area (Å²) in [5, 5.41) is 13.6. The van der Waals surface area contributed by atoms with Crippen LogP contribution in [0.5, 0.6) is 11.5 Å². The molecule has 0 radical (unpaired) electrons. The van der Waals surface area contributed by atoms with Crippen molar-refractivity contribution in [3.63, 3.8) is 0 Å². The van der Waals surface area contributed by atoms with E-state index in [1.807, 2.05) is 25.1 Å². The van der Waals surface area contributed by atoms with Crippen LogP contribution in [0.1, 0.15) is 31.9 Å². The molecule has 1 amide bonds. The summed E-state index contributed by atoms with van der Waals surface area (Å²) in [6, 6.07) is 12.6. The van der Waals surface area contributed by atoms with Gasteiger partial charge in [0.15, 0.2) is 11.5 Å². The highest BCUT2D eigenvalue weighted by atomic mass is 35.5. The molecule has 1 N–H and O–H groups in total. The van der Waals surface area contributed by atoms with Crippen LogP contribution in [0.4, 0.5) is 5.00 Å². The summed E-state index contributed by atoms with van der Waals surface area (Å²) in [5.74, 6) is 1.05. The molecule has 0 bridgehead atoms. The summed E-state index contributed by atoms with van der Waals surface area (Å²) in [7, 11) is 0. The largest absolute Gasteiger partial charge is 0.454 e. The number of nitriles is 1. The van der Waals surface area contributed by atoms with Gasteiger partial charge in [-0.15, -0.1) is 11.3 Å². The Balaban J connectivity index is 1.60. The van der Waals surface area contributed by atoms with Crippen molar-refractivity contribution in [2.24, 2.45) is 0 Å². The number of ether oxygens (including phenoxy) is 2. The quantitative estimate of drug-likeness (QED) is 0.551. The molecule has 5 nitrogen and oxygen atoms in total. The molecule has 2 heterocycles. The lowest BCUT2D eigenvalue weighted by atomic mass is 10.1. The van der Waals surface area contributed by atoms with Gasteiger partial charge in [0, 0.05) is 16.3 Å². The first-order chi connectivity index (χ1) is 14.0. The first-order valence-corrected chi connectivity index (χ1v) is 10.2. The van der Waals surface area contributed by atoms with Crippen LogP contribution in [0.15, 0.2) is 36.4 Å². The summed E-state index contributed by atoms with van der Waals surface area (Å²) in [6.07, 6.45) is 0.611. The summed E-state index contributed by atoms with van der Waals surface area (Å²) in [6.45, 7) is 2.10. The van der Waals surface area contributed by atoms with Gasteiger partial charge in [-0.1, -0.05) is 29.3 Å². The Morgan fingerprint density at radius 2 is 2.00 bits per heavy atom. The lowest BCUT2D eigenvalue weighted by molar-refractivity contribution is 0.102. The van der Waals surface area contributed by atoms with Gasteiger partial charge in [0.2, 0.25) is 6.79 Å². The molecule has 1 aliphatic heterocycles. The molecule has 1 aromatic heterocycles. The van der Waals surface area contributed by atoms with Crippen molar-refractivity contribution in [1.82, 2.24) is 0 Å². The maximum Gasteiger partial charge on any atom is 0.257 e. The van der Waals surface area contributed by atoms with Gasteiger partial charge in [-0.2, -0.15) is 5.26 Å². The molecule has 1 aliphatic rings. The summed E-state index contributed by atoms with van der Waals surface area (Å²) >= 11 is 13.4. The molecule has 3 aromatic rings. The highest BCUT2D eigenvalue weighted by Crippen LogP contribution is 2.37. The van der Waals surface area contributed by atoms with E-state index in [0.29, 0.717) is 33.3 Å². The number of nitrogens with zero attached hydrogens (tertiary/aromatic N) is 1. The third-order valence-electron chi connectivity index (χ3n) is 4.56. The average Bonchev–Trinajstić information content (AvgIpc) is 3.26. The molecular weight excluding hydrogens is 431 g/mol. The van der Waals surface area contributed by atoms with Gasteiger partial charge in [0.25, 0.3) is 5.91 Å². The van der Waals surface area contributed by atoms with Crippen molar-refractivity contribution in [2.75, 3.05) is 12.1 Å². The molecule has 0 spiro atoms. The SMILES string of the molecule is Cc1c(Cc2ccc3c(c2)OCO3)sc(NC(=O)c2ccc(Cl)cc2Cl)c1C#N. The Morgan fingerprint density at radius 1 is 1.21 bits per heavy atom. The van der Waals surface area contributed by atoms with Crippen molar-refractivity contribution in [3.05, 3.63) is 73.6 Å². The molecule has 0 fully saturated rings. The Bertz CT molecular complexity index is 1170. The van der Waals surface area contributed by atoms with Crippen molar-refractivity contribution in [1.29, 1.82) is 5.26 Å². The van der Waals surface area contributed by atoms with Crippen molar-refractivity contribution in [2.45, 2.75) is 13.3 Å². The Morgan fingerprint density at radius 3 is 2.76 bits per heavy atom. The van der Waals surface area contributed by atoms with Gasteiger partial charge in [0.05, 0.1) is 16.1 Å². The third kappa shape index (κ3) is 3.90. The zero-order chi connectivity index (χ0) is 20.5. The zero-order valence-electron chi connectivity index (χ0n) is 15.2.